The molecular weight excluding hydrogens is 635 g/mol. The van der Waals surface area contributed by atoms with Gasteiger partial charge >= 0.3 is 0 Å². The number of hydrogen-bond acceptors (Lipinski definition) is 7. The minimum absolute atomic E-state index is 0.0574. The van der Waals surface area contributed by atoms with Crippen LogP contribution < -0.4 is 26.7 Å². The summed E-state index contributed by atoms with van der Waals surface area (Å²) in [6.45, 7) is 1.51. The lowest BCUT2D eigenvalue weighted by Gasteiger charge is -2.18. The average molecular weight is 670 g/mol. The molecule has 0 spiro atoms. The summed E-state index contributed by atoms with van der Waals surface area (Å²) in [7, 11) is 1.63. The summed E-state index contributed by atoms with van der Waals surface area (Å²) >= 11 is 14.2. The number of carbonyl (C=O) groups excluding carboxylic acids is 1. The Morgan fingerprint density at radius 1 is 1.02 bits per heavy atom. The van der Waals surface area contributed by atoms with Crippen LogP contribution in [0.15, 0.2) is 77.9 Å². The van der Waals surface area contributed by atoms with Crippen LogP contribution in [-0.2, 0) is 16.8 Å². The molecule has 2 aromatic carbocycles. The molecule has 0 unspecified atom stereocenters. The molecule has 2 aliphatic rings. The largest absolute Gasteiger partial charge is 0.481 e. The Labute approximate surface area is 282 Å². The summed E-state index contributed by atoms with van der Waals surface area (Å²) in [6, 6.07) is 19.4. The third-order valence-corrected chi connectivity index (χ3v) is 10.1. The van der Waals surface area contributed by atoms with E-state index in [9.17, 15) is 9.59 Å². The lowest BCUT2D eigenvalue weighted by molar-refractivity contribution is -0.119. The molecular formula is C36H34Cl2N6O3. The SMILES string of the molecule is COc1nc(-c2cccc(-c3cccc(-c4ccn5c(=O)c(CNC[C@H]6CCC(=O)N6)cnc5c4)c3Cl)c2Cl)ccc1C1(CN)CC1. The van der Waals surface area contributed by atoms with Gasteiger partial charge < -0.3 is 21.1 Å². The molecule has 7 rings (SSSR count). The summed E-state index contributed by atoms with van der Waals surface area (Å²) in [5.74, 6) is 0.634. The van der Waals surface area contributed by atoms with E-state index in [2.05, 4.69) is 15.6 Å². The second-order valence-electron chi connectivity index (χ2n) is 12.2. The molecule has 1 aliphatic carbocycles. The first-order valence-electron chi connectivity index (χ1n) is 15.7. The second kappa shape index (κ2) is 12.7. The molecule has 1 saturated heterocycles. The Morgan fingerprint density at radius 2 is 1.74 bits per heavy atom. The van der Waals surface area contributed by atoms with E-state index in [0.717, 1.165) is 52.6 Å². The maximum atomic E-state index is 13.2. The van der Waals surface area contributed by atoms with Crippen LogP contribution in [0.25, 0.3) is 39.2 Å². The summed E-state index contributed by atoms with van der Waals surface area (Å²) in [5.41, 5.74) is 12.6. The van der Waals surface area contributed by atoms with Gasteiger partial charge in [0.15, 0.2) is 0 Å². The highest BCUT2D eigenvalue weighted by molar-refractivity contribution is 6.39. The molecule has 9 nitrogen and oxygen atoms in total. The third kappa shape index (κ3) is 5.89. The Balaban J connectivity index is 1.17. The summed E-state index contributed by atoms with van der Waals surface area (Å²) in [6.07, 6.45) is 6.70. The van der Waals surface area contributed by atoms with Crippen molar-refractivity contribution >= 4 is 34.8 Å². The van der Waals surface area contributed by atoms with Crippen LogP contribution in [0.5, 0.6) is 5.88 Å². The van der Waals surface area contributed by atoms with E-state index in [1.807, 2.05) is 60.7 Å². The van der Waals surface area contributed by atoms with Gasteiger partial charge in [-0.05, 0) is 43.0 Å². The summed E-state index contributed by atoms with van der Waals surface area (Å²) < 4.78 is 7.21. The fourth-order valence-electron chi connectivity index (χ4n) is 6.40. The number of nitrogens with one attached hydrogen (secondary N) is 2. The Hall–Kier alpha value is -4.28. The van der Waals surface area contributed by atoms with Crippen molar-refractivity contribution in [1.29, 1.82) is 0 Å². The quantitative estimate of drug-likeness (QED) is 0.173. The van der Waals surface area contributed by atoms with Crippen LogP contribution >= 0.6 is 23.2 Å². The van der Waals surface area contributed by atoms with Crippen molar-refractivity contribution in [1.82, 2.24) is 25.0 Å². The minimum atomic E-state index is -0.151. The summed E-state index contributed by atoms with van der Waals surface area (Å²) in [5, 5.41) is 7.24. The molecule has 5 aromatic rings. The Morgan fingerprint density at radius 3 is 2.43 bits per heavy atom. The molecule has 2 fully saturated rings. The fourth-order valence-corrected chi connectivity index (χ4v) is 7.06. The average Bonchev–Trinajstić information content (AvgIpc) is 3.78. The molecule has 0 bridgehead atoms. The van der Waals surface area contributed by atoms with Gasteiger partial charge in [0.25, 0.3) is 5.56 Å². The first kappa shape index (κ1) is 31.3. The first-order chi connectivity index (χ1) is 22.8. The number of halogens is 2. The third-order valence-electron chi connectivity index (χ3n) is 9.32. The van der Waals surface area contributed by atoms with E-state index in [0.29, 0.717) is 58.9 Å². The van der Waals surface area contributed by atoms with Crippen LogP contribution in [0.3, 0.4) is 0 Å². The molecule has 4 N–H and O–H groups in total. The molecule has 1 atom stereocenters. The second-order valence-corrected chi connectivity index (χ2v) is 13.0. The van der Waals surface area contributed by atoms with E-state index in [1.165, 1.54) is 4.40 Å². The number of nitrogens with zero attached hydrogens (tertiary/aromatic N) is 3. The van der Waals surface area contributed by atoms with E-state index in [4.69, 9.17) is 38.7 Å². The standard InChI is InChI=1S/C36H34Cl2N6O3/c1-47-34-28(36(20-39)13-14-36)9-10-29(43-34)27-7-3-6-26(33(27)38)25-5-2-4-24(32(25)37)21-12-15-44-30(16-21)41-18-22(35(44)46)17-40-19-23-8-11-31(45)42-23/h2-7,9-10,12,15-16,18,23,40H,8,11,13-14,17,19-20,39H2,1H3,(H,42,45)/t23-/m1/s1. The number of hydrogen-bond donors (Lipinski definition) is 3. The van der Waals surface area contributed by atoms with Gasteiger partial charge in [-0.15, -0.1) is 0 Å². The molecule has 1 saturated carbocycles. The van der Waals surface area contributed by atoms with E-state index in [1.54, 1.807) is 19.5 Å². The van der Waals surface area contributed by atoms with Gasteiger partial charge in [0.2, 0.25) is 11.8 Å². The first-order valence-corrected chi connectivity index (χ1v) is 16.4. The number of fused-ring (bicyclic) bond motifs is 1. The molecule has 1 aliphatic heterocycles. The lowest BCUT2D eigenvalue weighted by atomic mass is 9.95. The lowest BCUT2D eigenvalue weighted by Crippen LogP contribution is -2.36. The predicted octanol–water partition coefficient (Wildman–Crippen LogP) is 5.76. The van der Waals surface area contributed by atoms with Gasteiger partial charge in [-0.25, -0.2) is 9.97 Å². The molecule has 11 heteroatoms. The van der Waals surface area contributed by atoms with Crippen molar-refractivity contribution in [2.45, 2.75) is 43.7 Å². The minimum Gasteiger partial charge on any atom is -0.481 e. The van der Waals surface area contributed by atoms with Crippen LogP contribution in [0.2, 0.25) is 10.0 Å². The molecule has 3 aromatic heterocycles. The highest BCUT2D eigenvalue weighted by Crippen LogP contribution is 2.50. The Kier molecular flexibility index (Phi) is 8.48. The highest BCUT2D eigenvalue weighted by atomic mass is 35.5. The number of carbonyl (C=O) groups is 1. The van der Waals surface area contributed by atoms with E-state index in [-0.39, 0.29) is 22.9 Å². The number of ether oxygens (including phenoxy) is 1. The van der Waals surface area contributed by atoms with Crippen molar-refractivity contribution in [3.63, 3.8) is 0 Å². The normalized spacial score (nSPS) is 16.8. The molecule has 1 amide bonds. The number of nitrogens with two attached hydrogens (primary N) is 1. The van der Waals surface area contributed by atoms with Crippen LogP contribution in [0, 0.1) is 0 Å². The van der Waals surface area contributed by atoms with Crippen molar-refractivity contribution < 1.29 is 9.53 Å². The van der Waals surface area contributed by atoms with Crippen molar-refractivity contribution in [2.75, 3.05) is 20.2 Å². The number of benzene rings is 2. The van der Waals surface area contributed by atoms with Gasteiger partial charge in [-0.2, -0.15) is 0 Å². The maximum Gasteiger partial charge on any atom is 0.262 e. The molecule has 240 valence electrons. The van der Waals surface area contributed by atoms with E-state index >= 15 is 0 Å². The zero-order valence-corrected chi connectivity index (χ0v) is 27.4. The predicted molar refractivity (Wildman–Crippen MR) is 185 cm³/mol. The monoisotopic (exact) mass is 668 g/mol. The molecule has 4 heterocycles. The van der Waals surface area contributed by atoms with Gasteiger partial charge in [0.1, 0.15) is 5.65 Å². The topological polar surface area (TPSA) is 124 Å². The zero-order chi connectivity index (χ0) is 32.7. The van der Waals surface area contributed by atoms with Crippen molar-refractivity contribution in [3.8, 4) is 39.4 Å². The van der Waals surface area contributed by atoms with Crippen molar-refractivity contribution in [3.05, 3.63) is 105 Å². The smallest absolute Gasteiger partial charge is 0.262 e. The van der Waals surface area contributed by atoms with Gasteiger partial charge in [-0.1, -0.05) is 65.7 Å². The van der Waals surface area contributed by atoms with Crippen LogP contribution in [0.4, 0.5) is 0 Å². The Bertz CT molecular complexity index is 2080. The number of aromatic nitrogens is 3. The van der Waals surface area contributed by atoms with Crippen LogP contribution in [0.1, 0.15) is 36.8 Å². The van der Waals surface area contributed by atoms with E-state index < -0.39 is 0 Å². The molecule has 47 heavy (non-hydrogen) atoms. The fraction of sp³-hybridized carbons (Fsp3) is 0.278. The number of rotatable bonds is 10. The van der Waals surface area contributed by atoms with Gasteiger partial charge in [-0.3, -0.25) is 14.0 Å². The van der Waals surface area contributed by atoms with Gasteiger partial charge in [0, 0.05) is 83.3 Å². The number of pyridine rings is 2. The van der Waals surface area contributed by atoms with Crippen molar-refractivity contribution in [2.24, 2.45) is 5.73 Å². The maximum absolute atomic E-state index is 13.2. The number of methoxy groups -OCH3 is 1. The summed E-state index contributed by atoms with van der Waals surface area (Å²) in [4.78, 5) is 34.1. The highest BCUT2D eigenvalue weighted by Gasteiger charge is 2.45. The molecule has 0 radical (unpaired) electrons. The number of amides is 1. The van der Waals surface area contributed by atoms with Crippen LogP contribution in [-0.4, -0.2) is 46.5 Å². The zero-order valence-electron chi connectivity index (χ0n) is 25.9. The van der Waals surface area contributed by atoms with Gasteiger partial charge in [0.05, 0.1) is 22.8 Å².